The maximum absolute atomic E-state index is 11.6. The maximum atomic E-state index is 11.6. The summed E-state index contributed by atoms with van der Waals surface area (Å²) in [7, 11) is 0. The van der Waals surface area contributed by atoms with Crippen LogP contribution < -0.4 is 10.6 Å². The summed E-state index contributed by atoms with van der Waals surface area (Å²) in [5.41, 5.74) is 0.745. The first-order chi connectivity index (χ1) is 9.58. The molecule has 0 unspecified atom stereocenters. The fraction of sp³-hybridized carbons (Fsp3) is 0.533. The lowest BCUT2D eigenvalue weighted by Gasteiger charge is -2.08. The highest BCUT2D eigenvalue weighted by Crippen LogP contribution is 2.12. The first-order valence-electron chi connectivity index (χ1n) is 6.92. The Hall–Kier alpha value is -1.10. The summed E-state index contributed by atoms with van der Waals surface area (Å²) >= 11 is 5.77. The van der Waals surface area contributed by atoms with Gasteiger partial charge in [-0.2, -0.15) is 0 Å². The summed E-state index contributed by atoms with van der Waals surface area (Å²) in [5, 5.41) is 6.48. The zero-order valence-corrected chi connectivity index (χ0v) is 12.9. The van der Waals surface area contributed by atoms with E-state index in [-0.39, 0.29) is 12.5 Å². The van der Waals surface area contributed by atoms with Gasteiger partial charge in [0.2, 0.25) is 5.91 Å². The van der Waals surface area contributed by atoms with E-state index in [2.05, 4.69) is 24.5 Å². The molecule has 1 rings (SSSR count). The monoisotopic (exact) mass is 298 g/mol. The molecule has 0 aliphatic rings. The Labute approximate surface area is 125 Å². The first kappa shape index (κ1) is 17.0. The molecule has 5 heteroatoms. The van der Waals surface area contributed by atoms with Gasteiger partial charge in [0.05, 0.1) is 13.2 Å². The van der Waals surface area contributed by atoms with Crippen LogP contribution in [-0.4, -0.2) is 32.2 Å². The van der Waals surface area contributed by atoms with Crippen LogP contribution in [0.3, 0.4) is 0 Å². The number of hydrogen-bond donors (Lipinski definition) is 2. The van der Waals surface area contributed by atoms with E-state index in [1.807, 2.05) is 0 Å². The summed E-state index contributed by atoms with van der Waals surface area (Å²) in [4.78, 5) is 11.6. The minimum Gasteiger partial charge on any atom is -0.380 e. The van der Waals surface area contributed by atoms with Crippen LogP contribution >= 0.6 is 11.6 Å². The average Bonchev–Trinajstić information content (AvgIpc) is 2.40. The second kappa shape index (κ2) is 9.75. The Bertz CT molecular complexity index is 393. The number of anilines is 1. The number of carbonyl (C=O) groups excluding carboxylic acids is 1. The lowest BCUT2D eigenvalue weighted by Crippen LogP contribution is -2.30. The van der Waals surface area contributed by atoms with Gasteiger partial charge in [-0.3, -0.25) is 4.79 Å². The molecule has 0 aliphatic carbocycles. The molecule has 1 amide bonds. The Morgan fingerprint density at radius 3 is 2.60 bits per heavy atom. The van der Waals surface area contributed by atoms with E-state index in [0.29, 0.717) is 24.1 Å². The van der Waals surface area contributed by atoms with Crippen molar-refractivity contribution < 1.29 is 9.53 Å². The minimum atomic E-state index is -0.0745. The van der Waals surface area contributed by atoms with Crippen molar-refractivity contribution in [2.24, 2.45) is 5.92 Å². The van der Waals surface area contributed by atoms with Crippen molar-refractivity contribution in [3.8, 4) is 0 Å². The molecule has 0 spiro atoms. The fourth-order valence-electron chi connectivity index (χ4n) is 1.51. The largest absolute Gasteiger partial charge is 0.380 e. The third-order valence-electron chi connectivity index (χ3n) is 2.68. The summed E-state index contributed by atoms with van der Waals surface area (Å²) in [6.45, 7) is 6.69. The molecule has 1 aromatic rings. The van der Waals surface area contributed by atoms with E-state index >= 15 is 0 Å². The molecule has 0 fully saturated rings. The number of carbonyl (C=O) groups is 1. The van der Waals surface area contributed by atoms with Crippen LogP contribution in [0.1, 0.15) is 20.3 Å². The van der Waals surface area contributed by atoms with Crippen molar-refractivity contribution in [1.82, 2.24) is 5.32 Å². The van der Waals surface area contributed by atoms with Gasteiger partial charge >= 0.3 is 0 Å². The predicted octanol–water partition coefficient (Wildman–Crippen LogP) is 2.93. The number of ether oxygens (including phenoxy) is 1. The molecule has 2 N–H and O–H groups in total. The first-order valence-corrected chi connectivity index (χ1v) is 7.29. The maximum Gasteiger partial charge on any atom is 0.238 e. The molecule has 0 heterocycles. The molecule has 0 bridgehead atoms. The van der Waals surface area contributed by atoms with Gasteiger partial charge in [0.25, 0.3) is 0 Å². The molecular weight excluding hydrogens is 276 g/mol. The van der Waals surface area contributed by atoms with Crippen molar-refractivity contribution in [3.63, 3.8) is 0 Å². The predicted molar refractivity (Wildman–Crippen MR) is 83.2 cm³/mol. The second-order valence-electron chi connectivity index (χ2n) is 5.03. The topological polar surface area (TPSA) is 50.4 Å². The van der Waals surface area contributed by atoms with Gasteiger partial charge < -0.3 is 15.4 Å². The summed E-state index contributed by atoms with van der Waals surface area (Å²) in [5.74, 6) is 0.586. The third-order valence-corrected chi connectivity index (χ3v) is 2.93. The molecule has 0 saturated carbocycles. The van der Waals surface area contributed by atoms with Crippen LogP contribution in [-0.2, 0) is 9.53 Å². The molecule has 0 aliphatic heterocycles. The van der Waals surface area contributed by atoms with Gasteiger partial charge in [-0.1, -0.05) is 25.4 Å². The SMILES string of the molecule is CC(C)CCOCCNCC(=O)Nc1ccc(Cl)cc1. The van der Waals surface area contributed by atoms with Crippen LogP contribution in [0, 0.1) is 5.92 Å². The number of amides is 1. The van der Waals surface area contributed by atoms with Crippen LogP contribution in [0.25, 0.3) is 0 Å². The van der Waals surface area contributed by atoms with Crippen molar-refractivity contribution >= 4 is 23.2 Å². The van der Waals surface area contributed by atoms with Crippen LogP contribution in [0.15, 0.2) is 24.3 Å². The van der Waals surface area contributed by atoms with E-state index in [4.69, 9.17) is 16.3 Å². The highest BCUT2D eigenvalue weighted by Gasteiger charge is 2.01. The minimum absolute atomic E-state index is 0.0745. The smallest absolute Gasteiger partial charge is 0.238 e. The summed E-state index contributed by atoms with van der Waals surface area (Å²) < 4.78 is 5.45. The molecule has 0 saturated heterocycles. The molecule has 0 atom stereocenters. The third kappa shape index (κ3) is 8.15. The lowest BCUT2D eigenvalue weighted by atomic mass is 10.1. The summed E-state index contributed by atoms with van der Waals surface area (Å²) in [6.07, 6.45) is 1.07. The molecule has 0 aromatic heterocycles. The molecule has 112 valence electrons. The molecule has 1 aromatic carbocycles. The normalized spacial score (nSPS) is 10.8. The van der Waals surface area contributed by atoms with Crippen molar-refractivity contribution in [2.45, 2.75) is 20.3 Å². The van der Waals surface area contributed by atoms with Crippen molar-refractivity contribution in [1.29, 1.82) is 0 Å². The molecule has 20 heavy (non-hydrogen) atoms. The molecule has 4 nitrogen and oxygen atoms in total. The molecule has 0 radical (unpaired) electrons. The Morgan fingerprint density at radius 1 is 1.25 bits per heavy atom. The van der Waals surface area contributed by atoms with Crippen LogP contribution in [0.5, 0.6) is 0 Å². The Balaban J connectivity index is 2.04. The van der Waals surface area contributed by atoms with Crippen molar-refractivity contribution in [2.75, 3.05) is 31.6 Å². The number of rotatable bonds is 9. The number of halogens is 1. The zero-order chi connectivity index (χ0) is 14.8. The van der Waals surface area contributed by atoms with Gasteiger partial charge in [0.15, 0.2) is 0 Å². The van der Waals surface area contributed by atoms with Crippen molar-refractivity contribution in [3.05, 3.63) is 29.3 Å². The lowest BCUT2D eigenvalue weighted by molar-refractivity contribution is -0.115. The van der Waals surface area contributed by atoms with Gasteiger partial charge in [-0.25, -0.2) is 0 Å². The number of hydrogen-bond acceptors (Lipinski definition) is 3. The van der Waals surface area contributed by atoms with E-state index in [9.17, 15) is 4.79 Å². The van der Waals surface area contributed by atoms with Crippen LogP contribution in [0.2, 0.25) is 5.02 Å². The highest BCUT2D eigenvalue weighted by molar-refractivity contribution is 6.30. The number of nitrogens with one attached hydrogen (secondary N) is 2. The van der Waals surface area contributed by atoms with E-state index in [1.54, 1.807) is 24.3 Å². The average molecular weight is 299 g/mol. The second-order valence-corrected chi connectivity index (χ2v) is 5.46. The summed E-state index contributed by atoms with van der Waals surface area (Å²) in [6, 6.07) is 7.03. The van der Waals surface area contributed by atoms with Gasteiger partial charge in [-0.05, 0) is 36.6 Å². The van der Waals surface area contributed by atoms with Gasteiger partial charge in [0, 0.05) is 23.9 Å². The fourth-order valence-corrected chi connectivity index (χ4v) is 1.63. The molecular formula is C15H23ClN2O2. The quantitative estimate of drug-likeness (QED) is 0.689. The van der Waals surface area contributed by atoms with Crippen LogP contribution in [0.4, 0.5) is 5.69 Å². The van der Waals surface area contributed by atoms with E-state index in [1.165, 1.54) is 0 Å². The zero-order valence-electron chi connectivity index (χ0n) is 12.1. The van der Waals surface area contributed by atoms with E-state index in [0.717, 1.165) is 18.7 Å². The number of benzene rings is 1. The Kier molecular flexibility index (Phi) is 8.26. The standard InChI is InChI=1S/C15H23ClN2O2/c1-12(2)7-9-20-10-8-17-11-15(19)18-14-5-3-13(16)4-6-14/h3-6,12,17H,7-11H2,1-2H3,(H,18,19). The highest BCUT2D eigenvalue weighted by atomic mass is 35.5. The Morgan fingerprint density at radius 2 is 1.95 bits per heavy atom. The van der Waals surface area contributed by atoms with Gasteiger partial charge in [0.1, 0.15) is 0 Å². The van der Waals surface area contributed by atoms with Gasteiger partial charge in [-0.15, -0.1) is 0 Å². The van der Waals surface area contributed by atoms with E-state index < -0.39 is 0 Å².